The van der Waals surface area contributed by atoms with Crippen LogP contribution in [0.1, 0.15) is 24.1 Å². The summed E-state index contributed by atoms with van der Waals surface area (Å²) in [5.41, 5.74) is 9.87. The largest absolute Gasteiger partial charge is 0.389 e. The van der Waals surface area contributed by atoms with E-state index in [4.69, 9.17) is 5.73 Å². The molecular weight excluding hydrogens is 192 g/mol. The molecule has 1 atom stereocenters. The van der Waals surface area contributed by atoms with Crippen LogP contribution < -0.4 is 5.73 Å². The number of nitrogen functional groups attached to an aromatic ring is 1. The van der Waals surface area contributed by atoms with Crippen molar-refractivity contribution in [2.45, 2.75) is 12.8 Å². The van der Waals surface area contributed by atoms with Crippen molar-refractivity contribution in [2.24, 2.45) is 0 Å². The van der Waals surface area contributed by atoms with Gasteiger partial charge in [-0.2, -0.15) is 0 Å². The zero-order valence-electron chi connectivity index (χ0n) is 7.97. The van der Waals surface area contributed by atoms with Gasteiger partial charge in [-0.1, -0.05) is 37.3 Å². The summed E-state index contributed by atoms with van der Waals surface area (Å²) in [5, 5.41) is 0.821. The Kier molecular flexibility index (Phi) is 2.50. The first-order valence-electron chi connectivity index (χ1n) is 4.53. The van der Waals surface area contributed by atoms with Gasteiger partial charge in [0.15, 0.2) is 0 Å². The van der Waals surface area contributed by atoms with Gasteiger partial charge in [0.2, 0.25) is 0 Å². The zero-order chi connectivity index (χ0) is 9.97. The van der Waals surface area contributed by atoms with Gasteiger partial charge >= 0.3 is 0 Å². The predicted octanol–water partition coefficient (Wildman–Crippen LogP) is 2.88. The molecule has 1 aromatic heterocycles. The molecule has 2 rings (SSSR count). The number of thiazole rings is 1. The minimum atomic E-state index is 0.280. The molecular formula is C11H12N2S. The molecule has 72 valence electrons. The Morgan fingerprint density at radius 1 is 1.29 bits per heavy atom. The summed E-state index contributed by atoms with van der Waals surface area (Å²) >= 11 is 1.49. The van der Waals surface area contributed by atoms with Gasteiger partial charge in [-0.15, -0.1) is 11.3 Å². The molecule has 0 aliphatic heterocycles. The highest BCUT2D eigenvalue weighted by Gasteiger charge is 2.13. The monoisotopic (exact) mass is 204 g/mol. The Hall–Kier alpha value is -1.35. The van der Waals surface area contributed by atoms with Crippen molar-refractivity contribution in [3.63, 3.8) is 0 Å². The Labute approximate surface area is 87.4 Å². The van der Waals surface area contributed by atoms with Gasteiger partial charge in [-0.25, -0.2) is 4.98 Å². The first-order valence-corrected chi connectivity index (χ1v) is 5.41. The summed E-state index contributed by atoms with van der Waals surface area (Å²) < 4.78 is 0. The fourth-order valence-electron chi connectivity index (χ4n) is 1.49. The van der Waals surface area contributed by atoms with Crippen LogP contribution in [0.2, 0.25) is 0 Å². The third-order valence-corrected chi connectivity index (χ3v) is 3.01. The number of anilines is 1. The Balaban J connectivity index is 2.34. The summed E-state index contributed by atoms with van der Waals surface area (Å²) in [7, 11) is 0. The lowest BCUT2D eigenvalue weighted by atomic mass is 9.98. The highest BCUT2D eigenvalue weighted by atomic mass is 32.1. The van der Waals surface area contributed by atoms with Crippen molar-refractivity contribution < 1.29 is 0 Å². The van der Waals surface area contributed by atoms with E-state index in [1.807, 2.05) is 18.2 Å². The molecule has 0 bridgehead atoms. The van der Waals surface area contributed by atoms with E-state index in [-0.39, 0.29) is 5.92 Å². The van der Waals surface area contributed by atoms with E-state index in [1.54, 1.807) is 5.51 Å². The fourth-order valence-corrected chi connectivity index (χ4v) is 2.12. The maximum atomic E-state index is 5.83. The van der Waals surface area contributed by atoms with Gasteiger partial charge in [0.05, 0.1) is 11.2 Å². The van der Waals surface area contributed by atoms with E-state index < -0.39 is 0 Å². The lowest BCUT2D eigenvalue weighted by molar-refractivity contribution is 0.887. The van der Waals surface area contributed by atoms with Gasteiger partial charge in [-0.3, -0.25) is 0 Å². The molecule has 0 saturated heterocycles. The SMILES string of the molecule is CC(c1ccccc1)c1ncsc1N. The van der Waals surface area contributed by atoms with E-state index in [9.17, 15) is 0 Å². The van der Waals surface area contributed by atoms with Gasteiger partial charge in [0, 0.05) is 5.92 Å². The molecule has 1 aromatic carbocycles. The molecule has 1 unspecified atom stereocenters. The van der Waals surface area contributed by atoms with Crippen molar-refractivity contribution in [2.75, 3.05) is 5.73 Å². The normalized spacial score (nSPS) is 12.6. The van der Waals surface area contributed by atoms with Crippen molar-refractivity contribution in [3.05, 3.63) is 47.1 Å². The van der Waals surface area contributed by atoms with Crippen LogP contribution in [0.3, 0.4) is 0 Å². The van der Waals surface area contributed by atoms with Gasteiger partial charge in [-0.05, 0) is 5.56 Å². The average molecular weight is 204 g/mol. The van der Waals surface area contributed by atoms with Crippen LogP contribution in [0.4, 0.5) is 5.00 Å². The second kappa shape index (κ2) is 3.80. The maximum absolute atomic E-state index is 5.83. The quantitative estimate of drug-likeness (QED) is 0.817. The topological polar surface area (TPSA) is 38.9 Å². The summed E-state index contributed by atoms with van der Waals surface area (Å²) in [5.74, 6) is 0.280. The van der Waals surface area contributed by atoms with Crippen LogP contribution in [0, 0.1) is 0 Å². The molecule has 0 aliphatic rings. The van der Waals surface area contributed by atoms with Gasteiger partial charge in [0.1, 0.15) is 5.00 Å². The number of aromatic nitrogens is 1. The summed E-state index contributed by atoms with van der Waals surface area (Å²) in [4.78, 5) is 4.29. The summed E-state index contributed by atoms with van der Waals surface area (Å²) in [6.07, 6.45) is 0. The third kappa shape index (κ3) is 1.63. The minimum Gasteiger partial charge on any atom is -0.389 e. The second-order valence-electron chi connectivity index (χ2n) is 3.23. The molecule has 1 heterocycles. The van der Waals surface area contributed by atoms with Crippen LogP contribution >= 0.6 is 11.3 Å². The molecule has 14 heavy (non-hydrogen) atoms. The Morgan fingerprint density at radius 3 is 2.57 bits per heavy atom. The number of benzene rings is 1. The van der Waals surface area contributed by atoms with Crippen LogP contribution in [-0.4, -0.2) is 4.98 Å². The molecule has 2 nitrogen and oxygen atoms in total. The van der Waals surface area contributed by atoms with E-state index in [2.05, 4.69) is 24.0 Å². The molecule has 3 heteroatoms. The molecule has 0 saturated carbocycles. The van der Waals surface area contributed by atoms with Crippen LogP contribution in [-0.2, 0) is 0 Å². The lowest BCUT2D eigenvalue weighted by Crippen LogP contribution is -1.99. The standard InChI is InChI=1S/C11H12N2S/c1-8(9-5-3-2-4-6-9)10-11(12)14-7-13-10/h2-8H,12H2,1H3. The number of hydrogen-bond acceptors (Lipinski definition) is 3. The number of nitrogens with zero attached hydrogens (tertiary/aromatic N) is 1. The first-order chi connectivity index (χ1) is 6.79. The van der Waals surface area contributed by atoms with Crippen molar-refractivity contribution >= 4 is 16.3 Å². The van der Waals surface area contributed by atoms with E-state index in [0.29, 0.717) is 0 Å². The molecule has 2 N–H and O–H groups in total. The van der Waals surface area contributed by atoms with Crippen molar-refractivity contribution in [1.29, 1.82) is 0 Å². The Morgan fingerprint density at radius 2 is 2.00 bits per heavy atom. The lowest BCUT2D eigenvalue weighted by Gasteiger charge is -2.09. The first kappa shape index (κ1) is 9.21. The third-order valence-electron chi connectivity index (χ3n) is 2.33. The van der Waals surface area contributed by atoms with Gasteiger partial charge in [0.25, 0.3) is 0 Å². The maximum Gasteiger partial charge on any atom is 0.110 e. The van der Waals surface area contributed by atoms with Crippen LogP contribution in [0.5, 0.6) is 0 Å². The predicted molar refractivity (Wildman–Crippen MR) is 60.5 cm³/mol. The zero-order valence-corrected chi connectivity index (χ0v) is 8.79. The molecule has 0 amide bonds. The molecule has 0 radical (unpaired) electrons. The molecule has 0 aliphatic carbocycles. The smallest absolute Gasteiger partial charge is 0.110 e. The van der Waals surface area contributed by atoms with Crippen LogP contribution in [0.25, 0.3) is 0 Å². The Bertz CT molecular complexity index is 408. The van der Waals surface area contributed by atoms with Crippen molar-refractivity contribution in [3.8, 4) is 0 Å². The minimum absolute atomic E-state index is 0.280. The molecule has 0 spiro atoms. The highest BCUT2D eigenvalue weighted by molar-refractivity contribution is 7.13. The average Bonchev–Trinajstić information content (AvgIpc) is 2.65. The van der Waals surface area contributed by atoms with E-state index in [0.717, 1.165) is 10.7 Å². The fraction of sp³-hybridized carbons (Fsp3) is 0.182. The molecule has 2 aromatic rings. The highest BCUT2D eigenvalue weighted by Crippen LogP contribution is 2.29. The summed E-state index contributed by atoms with van der Waals surface area (Å²) in [6.45, 7) is 2.13. The summed E-state index contributed by atoms with van der Waals surface area (Å²) in [6, 6.07) is 10.3. The second-order valence-corrected chi connectivity index (χ2v) is 4.12. The van der Waals surface area contributed by atoms with Crippen LogP contribution in [0.15, 0.2) is 35.8 Å². The molecule has 0 fully saturated rings. The van der Waals surface area contributed by atoms with E-state index >= 15 is 0 Å². The van der Waals surface area contributed by atoms with E-state index in [1.165, 1.54) is 16.9 Å². The number of nitrogens with two attached hydrogens (primary N) is 1. The van der Waals surface area contributed by atoms with Gasteiger partial charge < -0.3 is 5.73 Å². The number of rotatable bonds is 2. The van der Waals surface area contributed by atoms with Crippen molar-refractivity contribution in [1.82, 2.24) is 4.98 Å². The number of hydrogen-bond donors (Lipinski definition) is 1.